The number of nitrogens with two attached hydrogens (primary N) is 1. The van der Waals surface area contributed by atoms with Crippen LogP contribution >= 0.6 is 0 Å². The van der Waals surface area contributed by atoms with Crippen LogP contribution in [-0.2, 0) is 11.2 Å². The summed E-state index contributed by atoms with van der Waals surface area (Å²) in [6, 6.07) is 4.64. The molecule has 1 aromatic carbocycles. The zero-order valence-corrected chi connectivity index (χ0v) is 13.4. The fourth-order valence-corrected chi connectivity index (χ4v) is 4.26. The topological polar surface area (TPSA) is 46.3 Å². The number of benzene rings is 1. The number of hydrogen-bond donors (Lipinski definition) is 1. The van der Waals surface area contributed by atoms with E-state index < -0.39 is 0 Å². The van der Waals surface area contributed by atoms with Crippen LogP contribution in [-0.4, -0.2) is 29.9 Å². The molecule has 1 aromatic rings. The Bertz CT molecular complexity index is 543. The van der Waals surface area contributed by atoms with Crippen molar-refractivity contribution in [1.82, 2.24) is 4.90 Å². The zero-order valence-electron chi connectivity index (χ0n) is 13.4. The number of amides is 1. The van der Waals surface area contributed by atoms with Gasteiger partial charge >= 0.3 is 0 Å². The molecule has 114 valence electrons. The van der Waals surface area contributed by atoms with E-state index in [4.69, 9.17) is 5.73 Å². The summed E-state index contributed by atoms with van der Waals surface area (Å²) in [5, 5.41) is 0. The molecule has 1 saturated heterocycles. The van der Waals surface area contributed by atoms with Gasteiger partial charge in [0, 0.05) is 19.1 Å². The second-order valence-corrected chi connectivity index (χ2v) is 7.02. The Balaban J connectivity index is 1.71. The van der Waals surface area contributed by atoms with Gasteiger partial charge in [-0.3, -0.25) is 4.79 Å². The average molecular weight is 286 g/mol. The molecule has 1 aliphatic heterocycles. The summed E-state index contributed by atoms with van der Waals surface area (Å²) in [6.45, 7) is 8.11. The van der Waals surface area contributed by atoms with Crippen LogP contribution in [0.5, 0.6) is 0 Å². The largest absolute Gasteiger partial charge is 0.342 e. The molecule has 2 aliphatic rings. The summed E-state index contributed by atoms with van der Waals surface area (Å²) in [7, 11) is 0. The molecule has 2 fully saturated rings. The summed E-state index contributed by atoms with van der Waals surface area (Å²) in [6.07, 6.45) is 2.86. The normalized spacial score (nSPS) is 28.0. The maximum atomic E-state index is 12.6. The van der Waals surface area contributed by atoms with Crippen LogP contribution in [0.4, 0.5) is 0 Å². The molecular formula is C18H26N2O. The van der Waals surface area contributed by atoms with Crippen LogP contribution in [0.3, 0.4) is 0 Å². The van der Waals surface area contributed by atoms with Gasteiger partial charge in [-0.15, -0.1) is 0 Å². The number of rotatable bonds is 2. The number of carbonyl (C=O) groups is 1. The number of fused-ring (bicyclic) bond motifs is 1. The molecule has 3 rings (SSSR count). The van der Waals surface area contributed by atoms with Crippen molar-refractivity contribution in [2.75, 3.05) is 13.1 Å². The third kappa shape index (κ3) is 2.71. The number of likely N-dealkylation sites (tertiary alicyclic amines) is 1. The van der Waals surface area contributed by atoms with E-state index in [-0.39, 0.29) is 5.91 Å². The van der Waals surface area contributed by atoms with Gasteiger partial charge in [0.1, 0.15) is 0 Å². The van der Waals surface area contributed by atoms with Crippen LogP contribution in [0.1, 0.15) is 35.1 Å². The van der Waals surface area contributed by atoms with Crippen LogP contribution in [0.2, 0.25) is 0 Å². The van der Waals surface area contributed by atoms with E-state index in [2.05, 4.69) is 32.9 Å². The van der Waals surface area contributed by atoms with Gasteiger partial charge in [0.2, 0.25) is 5.91 Å². The molecular weight excluding hydrogens is 260 g/mol. The number of aryl methyl sites for hydroxylation is 3. The Morgan fingerprint density at radius 2 is 1.86 bits per heavy atom. The van der Waals surface area contributed by atoms with Crippen LogP contribution in [0, 0.1) is 32.6 Å². The SMILES string of the molecule is Cc1cc(C)c(CC(=O)N2CC3CCC(N)C3C2)c(C)c1. The highest BCUT2D eigenvalue weighted by molar-refractivity contribution is 5.80. The van der Waals surface area contributed by atoms with Crippen molar-refractivity contribution in [1.29, 1.82) is 0 Å². The highest BCUT2D eigenvalue weighted by Crippen LogP contribution is 2.37. The second kappa shape index (κ2) is 5.45. The van der Waals surface area contributed by atoms with Crippen molar-refractivity contribution < 1.29 is 4.79 Å². The first-order valence-corrected chi connectivity index (χ1v) is 8.05. The minimum absolute atomic E-state index is 0.270. The monoisotopic (exact) mass is 286 g/mol. The minimum Gasteiger partial charge on any atom is -0.342 e. The molecule has 1 heterocycles. The molecule has 3 atom stereocenters. The zero-order chi connectivity index (χ0) is 15.1. The predicted molar refractivity (Wildman–Crippen MR) is 85.1 cm³/mol. The van der Waals surface area contributed by atoms with Crippen LogP contribution in [0.15, 0.2) is 12.1 Å². The van der Waals surface area contributed by atoms with Crippen molar-refractivity contribution >= 4 is 5.91 Å². The van der Waals surface area contributed by atoms with Crippen LogP contribution < -0.4 is 5.73 Å². The molecule has 3 nitrogen and oxygen atoms in total. The van der Waals surface area contributed by atoms with Crippen molar-refractivity contribution in [2.45, 2.75) is 46.1 Å². The van der Waals surface area contributed by atoms with Crippen molar-refractivity contribution in [3.05, 3.63) is 34.4 Å². The molecule has 0 radical (unpaired) electrons. The second-order valence-electron chi connectivity index (χ2n) is 7.02. The van der Waals surface area contributed by atoms with Gasteiger partial charge in [0.05, 0.1) is 6.42 Å². The average Bonchev–Trinajstić information content (AvgIpc) is 2.96. The Morgan fingerprint density at radius 1 is 1.19 bits per heavy atom. The van der Waals surface area contributed by atoms with Crippen molar-refractivity contribution in [3.63, 3.8) is 0 Å². The first-order valence-electron chi connectivity index (χ1n) is 8.05. The molecule has 1 saturated carbocycles. The highest BCUT2D eigenvalue weighted by Gasteiger charge is 2.42. The lowest BCUT2D eigenvalue weighted by molar-refractivity contribution is -0.129. The molecule has 1 amide bonds. The Kier molecular flexibility index (Phi) is 3.78. The molecule has 0 aromatic heterocycles. The lowest BCUT2D eigenvalue weighted by atomic mass is 9.97. The summed E-state index contributed by atoms with van der Waals surface area (Å²) >= 11 is 0. The maximum Gasteiger partial charge on any atom is 0.227 e. The minimum atomic E-state index is 0.270. The molecule has 2 N–H and O–H groups in total. The summed E-state index contributed by atoms with van der Waals surface area (Å²) in [5.41, 5.74) is 11.1. The summed E-state index contributed by atoms with van der Waals surface area (Å²) in [5.74, 6) is 1.45. The standard InChI is InChI=1S/C18H26N2O/c1-11-6-12(2)15(13(3)7-11)8-18(21)20-9-14-4-5-17(19)16(14)10-20/h6-7,14,16-17H,4-5,8-10,19H2,1-3H3. The first kappa shape index (κ1) is 14.6. The number of nitrogens with zero attached hydrogens (tertiary/aromatic N) is 1. The van der Waals surface area contributed by atoms with Crippen LogP contribution in [0.25, 0.3) is 0 Å². The summed E-state index contributed by atoms with van der Waals surface area (Å²) < 4.78 is 0. The fraction of sp³-hybridized carbons (Fsp3) is 0.611. The molecule has 3 heteroatoms. The number of hydrogen-bond acceptors (Lipinski definition) is 2. The quantitative estimate of drug-likeness (QED) is 0.907. The van der Waals surface area contributed by atoms with Gasteiger partial charge in [-0.05, 0) is 62.1 Å². The predicted octanol–water partition coefficient (Wildman–Crippen LogP) is 2.35. The highest BCUT2D eigenvalue weighted by atomic mass is 16.2. The van der Waals surface area contributed by atoms with E-state index in [0.717, 1.165) is 19.5 Å². The van der Waals surface area contributed by atoms with Gasteiger partial charge in [-0.25, -0.2) is 0 Å². The third-order valence-electron chi connectivity index (χ3n) is 5.43. The molecule has 0 bridgehead atoms. The van der Waals surface area contributed by atoms with Gasteiger partial charge in [0.15, 0.2) is 0 Å². The molecule has 1 aliphatic carbocycles. The Labute approximate surface area is 127 Å². The Hall–Kier alpha value is -1.35. The van der Waals surface area contributed by atoms with Crippen molar-refractivity contribution in [3.8, 4) is 0 Å². The Morgan fingerprint density at radius 3 is 2.48 bits per heavy atom. The van der Waals surface area contributed by atoms with E-state index in [1.165, 1.54) is 28.7 Å². The molecule has 3 unspecified atom stereocenters. The van der Waals surface area contributed by atoms with Gasteiger partial charge in [-0.1, -0.05) is 17.7 Å². The van der Waals surface area contributed by atoms with Crippen molar-refractivity contribution in [2.24, 2.45) is 17.6 Å². The van der Waals surface area contributed by atoms with E-state index in [0.29, 0.717) is 24.3 Å². The van der Waals surface area contributed by atoms with Gasteiger partial charge in [-0.2, -0.15) is 0 Å². The smallest absolute Gasteiger partial charge is 0.227 e. The van der Waals surface area contributed by atoms with E-state index in [1.54, 1.807) is 0 Å². The number of carbonyl (C=O) groups excluding carboxylic acids is 1. The maximum absolute atomic E-state index is 12.6. The first-order chi connectivity index (χ1) is 9.95. The van der Waals surface area contributed by atoms with E-state index >= 15 is 0 Å². The van der Waals surface area contributed by atoms with E-state index in [9.17, 15) is 4.79 Å². The van der Waals surface area contributed by atoms with Gasteiger partial charge < -0.3 is 10.6 Å². The molecule has 0 spiro atoms. The van der Waals surface area contributed by atoms with E-state index in [1.807, 2.05) is 4.90 Å². The fourth-order valence-electron chi connectivity index (χ4n) is 4.26. The van der Waals surface area contributed by atoms with Gasteiger partial charge in [0.25, 0.3) is 0 Å². The summed E-state index contributed by atoms with van der Waals surface area (Å²) in [4.78, 5) is 14.7. The molecule has 21 heavy (non-hydrogen) atoms. The third-order valence-corrected chi connectivity index (χ3v) is 5.43. The lowest BCUT2D eigenvalue weighted by Crippen LogP contribution is -2.34. The lowest BCUT2D eigenvalue weighted by Gasteiger charge is -2.20.